The summed E-state index contributed by atoms with van der Waals surface area (Å²) in [4.78, 5) is 0.283. The number of aryl methyl sites for hydroxylation is 1. The lowest BCUT2D eigenvalue weighted by atomic mass is 10.0. The van der Waals surface area contributed by atoms with Gasteiger partial charge in [-0.1, -0.05) is 24.3 Å². The maximum absolute atomic E-state index is 13.1. The van der Waals surface area contributed by atoms with E-state index in [4.69, 9.17) is 4.74 Å². The van der Waals surface area contributed by atoms with Crippen LogP contribution in [0.1, 0.15) is 23.7 Å². The topological polar surface area (TPSA) is 66.8 Å². The number of aliphatic hydroxyl groups is 1. The Morgan fingerprint density at radius 2 is 1.96 bits per heavy atom. The van der Waals surface area contributed by atoms with Gasteiger partial charge in [0, 0.05) is 18.2 Å². The normalized spacial score (nSPS) is 17.7. The molecule has 1 heterocycles. The lowest BCUT2D eigenvalue weighted by molar-refractivity contribution is 0.166. The van der Waals surface area contributed by atoms with Crippen molar-refractivity contribution in [1.82, 2.24) is 0 Å². The average molecular weight is 333 g/mol. The van der Waals surface area contributed by atoms with Crippen molar-refractivity contribution >= 4 is 15.7 Å². The summed E-state index contributed by atoms with van der Waals surface area (Å²) in [5, 5.41) is 10.2. The van der Waals surface area contributed by atoms with Crippen LogP contribution in [-0.2, 0) is 10.0 Å². The highest BCUT2D eigenvalue weighted by molar-refractivity contribution is 7.92. The van der Waals surface area contributed by atoms with Gasteiger partial charge in [-0.2, -0.15) is 0 Å². The minimum atomic E-state index is -3.69. The zero-order chi connectivity index (χ0) is 16.6. The highest BCUT2D eigenvalue weighted by Crippen LogP contribution is 2.39. The van der Waals surface area contributed by atoms with Crippen molar-refractivity contribution in [3.63, 3.8) is 0 Å². The number of benzene rings is 2. The lowest BCUT2D eigenvalue weighted by Crippen LogP contribution is -2.37. The van der Waals surface area contributed by atoms with E-state index in [1.165, 1.54) is 11.4 Å². The fraction of sp³-hybridized carbons (Fsp3) is 0.294. The van der Waals surface area contributed by atoms with Crippen molar-refractivity contribution in [2.75, 3.05) is 18.0 Å². The van der Waals surface area contributed by atoms with Gasteiger partial charge in [-0.05, 0) is 31.0 Å². The number of fused-ring (bicyclic) bond motifs is 1. The molecule has 2 aromatic carbocycles. The number of hydrogen-bond acceptors (Lipinski definition) is 4. The van der Waals surface area contributed by atoms with Crippen LogP contribution in [0.15, 0.2) is 47.4 Å². The quantitative estimate of drug-likeness (QED) is 0.938. The molecule has 1 atom stereocenters. The van der Waals surface area contributed by atoms with E-state index >= 15 is 0 Å². The third kappa shape index (κ3) is 2.68. The fourth-order valence-corrected chi connectivity index (χ4v) is 4.60. The molecule has 1 N–H and O–H groups in total. The molecule has 2 aromatic rings. The van der Waals surface area contributed by atoms with E-state index in [9.17, 15) is 13.5 Å². The maximum atomic E-state index is 13.1. The van der Waals surface area contributed by atoms with E-state index in [1.807, 2.05) is 6.07 Å². The van der Waals surface area contributed by atoms with Gasteiger partial charge in [0.2, 0.25) is 0 Å². The highest BCUT2D eigenvalue weighted by Gasteiger charge is 2.33. The SMILES string of the molecule is COc1ccc2c(c1)N(S(=O)(=O)c1ccccc1C)CCC2O. The highest BCUT2D eigenvalue weighted by atomic mass is 32.2. The van der Waals surface area contributed by atoms with E-state index in [1.54, 1.807) is 43.3 Å². The molecule has 122 valence electrons. The fourth-order valence-electron chi connectivity index (χ4n) is 2.88. The molecule has 23 heavy (non-hydrogen) atoms. The van der Waals surface area contributed by atoms with Crippen LogP contribution >= 0.6 is 0 Å². The van der Waals surface area contributed by atoms with Crippen molar-refractivity contribution in [2.24, 2.45) is 0 Å². The minimum Gasteiger partial charge on any atom is -0.497 e. The molecular weight excluding hydrogens is 314 g/mol. The van der Waals surface area contributed by atoms with E-state index in [0.717, 1.165) is 0 Å². The maximum Gasteiger partial charge on any atom is 0.264 e. The Balaban J connectivity index is 2.15. The van der Waals surface area contributed by atoms with Crippen molar-refractivity contribution < 1.29 is 18.3 Å². The summed E-state index contributed by atoms with van der Waals surface area (Å²) in [5.74, 6) is 0.558. The molecule has 0 spiro atoms. The van der Waals surface area contributed by atoms with Crippen molar-refractivity contribution in [1.29, 1.82) is 0 Å². The van der Waals surface area contributed by atoms with E-state index in [2.05, 4.69) is 0 Å². The molecule has 0 bridgehead atoms. The molecule has 3 rings (SSSR count). The van der Waals surface area contributed by atoms with Crippen molar-refractivity contribution in [3.8, 4) is 5.75 Å². The molecule has 1 unspecified atom stereocenters. The third-order valence-electron chi connectivity index (χ3n) is 4.13. The number of hydrogen-bond donors (Lipinski definition) is 1. The molecule has 1 aliphatic heterocycles. The van der Waals surface area contributed by atoms with Gasteiger partial charge >= 0.3 is 0 Å². The van der Waals surface area contributed by atoms with E-state index in [-0.39, 0.29) is 11.4 Å². The lowest BCUT2D eigenvalue weighted by Gasteiger charge is -2.33. The molecular formula is C17H19NO4S. The molecule has 0 saturated heterocycles. The Kier molecular flexibility index (Phi) is 4.04. The van der Waals surface area contributed by atoms with Crippen LogP contribution in [0.5, 0.6) is 5.75 Å². The van der Waals surface area contributed by atoms with Gasteiger partial charge in [-0.15, -0.1) is 0 Å². The third-order valence-corrected chi connectivity index (χ3v) is 6.11. The molecule has 0 fully saturated rings. The first-order valence-electron chi connectivity index (χ1n) is 7.39. The zero-order valence-corrected chi connectivity index (χ0v) is 13.9. The first-order valence-corrected chi connectivity index (χ1v) is 8.83. The number of methoxy groups -OCH3 is 1. The Bertz CT molecular complexity index is 832. The van der Waals surface area contributed by atoms with Crippen LogP contribution in [0.25, 0.3) is 0 Å². The van der Waals surface area contributed by atoms with Gasteiger partial charge in [0.15, 0.2) is 0 Å². The van der Waals surface area contributed by atoms with Gasteiger partial charge < -0.3 is 9.84 Å². The number of sulfonamides is 1. The van der Waals surface area contributed by atoms with Crippen LogP contribution in [0.3, 0.4) is 0 Å². The Labute approximate surface area is 136 Å². The minimum absolute atomic E-state index is 0.234. The predicted octanol–water partition coefficient (Wildman–Crippen LogP) is 2.64. The summed E-state index contributed by atoms with van der Waals surface area (Å²) in [6.45, 7) is 2.01. The number of rotatable bonds is 3. The van der Waals surface area contributed by atoms with E-state index < -0.39 is 16.1 Å². The second-order valence-corrected chi connectivity index (χ2v) is 7.40. The summed E-state index contributed by atoms with van der Waals surface area (Å²) in [6, 6.07) is 12.0. The van der Waals surface area contributed by atoms with Crippen LogP contribution in [0.4, 0.5) is 5.69 Å². The number of nitrogens with zero attached hydrogens (tertiary/aromatic N) is 1. The van der Waals surface area contributed by atoms with Gasteiger partial charge in [0.25, 0.3) is 10.0 Å². The van der Waals surface area contributed by atoms with Gasteiger partial charge in [-0.25, -0.2) is 8.42 Å². The molecule has 6 heteroatoms. The number of aliphatic hydroxyl groups excluding tert-OH is 1. The molecule has 0 saturated carbocycles. The molecule has 1 aliphatic rings. The summed E-state index contributed by atoms with van der Waals surface area (Å²) in [7, 11) is -2.16. The van der Waals surface area contributed by atoms with E-state index in [0.29, 0.717) is 29.0 Å². The molecule has 5 nitrogen and oxygen atoms in total. The van der Waals surface area contributed by atoms with Crippen molar-refractivity contribution in [2.45, 2.75) is 24.3 Å². The predicted molar refractivity (Wildman–Crippen MR) is 88.3 cm³/mol. The smallest absolute Gasteiger partial charge is 0.264 e. The molecule has 0 aliphatic carbocycles. The van der Waals surface area contributed by atoms with Crippen molar-refractivity contribution in [3.05, 3.63) is 53.6 Å². The Hall–Kier alpha value is -2.05. The Morgan fingerprint density at radius 1 is 1.22 bits per heavy atom. The van der Waals surface area contributed by atoms with Crippen LogP contribution in [-0.4, -0.2) is 27.2 Å². The van der Waals surface area contributed by atoms with Crippen LogP contribution in [0, 0.1) is 6.92 Å². The summed E-state index contributed by atoms with van der Waals surface area (Å²) < 4.78 is 32.7. The van der Waals surface area contributed by atoms with Gasteiger partial charge in [0.1, 0.15) is 5.75 Å². The standard InChI is InChI=1S/C17H19NO4S/c1-12-5-3-4-6-17(12)23(20,21)18-10-9-16(19)14-8-7-13(22-2)11-15(14)18/h3-8,11,16,19H,9-10H2,1-2H3. The van der Waals surface area contributed by atoms with Crippen LogP contribution in [0.2, 0.25) is 0 Å². The zero-order valence-electron chi connectivity index (χ0n) is 13.1. The second kappa shape index (κ2) is 5.86. The summed E-state index contributed by atoms with van der Waals surface area (Å²) in [6.07, 6.45) is -0.302. The number of anilines is 1. The second-order valence-electron chi connectivity index (χ2n) is 5.57. The molecule has 0 amide bonds. The monoisotopic (exact) mass is 333 g/mol. The molecule has 0 aromatic heterocycles. The average Bonchev–Trinajstić information content (AvgIpc) is 2.54. The van der Waals surface area contributed by atoms with Crippen LogP contribution < -0.4 is 9.04 Å². The first-order chi connectivity index (χ1) is 10.9. The number of ether oxygens (including phenoxy) is 1. The first kappa shape index (κ1) is 15.8. The van der Waals surface area contributed by atoms with Gasteiger partial charge in [-0.3, -0.25) is 4.31 Å². The summed E-state index contributed by atoms with van der Waals surface area (Å²) in [5.41, 5.74) is 1.78. The van der Waals surface area contributed by atoms with Gasteiger partial charge in [0.05, 0.1) is 23.8 Å². The Morgan fingerprint density at radius 3 is 2.65 bits per heavy atom. The summed E-state index contributed by atoms with van der Waals surface area (Å²) >= 11 is 0. The molecule has 0 radical (unpaired) electrons. The largest absolute Gasteiger partial charge is 0.497 e.